The molecule has 0 atom stereocenters. The van der Waals surface area contributed by atoms with Gasteiger partial charge in [0.2, 0.25) is 0 Å². The summed E-state index contributed by atoms with van der Waals surface area (Å²) in [5, 5.41) is 0.685. The lowest BCUT2D eigenvalue weighted by Crippen LogP contribution is -2.38. The molecule has 29 heavy (non-hydrogen) atoms. The van der Waals surface area contributed by atoms with Crippen molar-refractivity contribution in [2.45, 2.75) is 27.7 Å². The summed E-state index contributed by atoms with van der Waals surface area (Å²) < 4.78 is 14.4. The van der Waals surface area contributed by atoms with Crippen LogP contribution in [0.25, 0.3) is 10.2 Å². The minimum atomic E-state index is -0.350. The summed E-state index contributed by atoms with van der Waals surface area (Å²) in [6, 6.07) is 9.85. The first-order valence-corrected chi connectivity index (χ1v) is 10.4. The minimum Gasteiger partial charge on any atom is -0.302 e. The van der Waals surface area contributed by atoms with E-state index in [-0.39, 0.29) is 24.1 Å². The van der Waals surface area contributed by atoms with E-state index in [2.05, 4.69) is 44.7 Å². The molecule has 3 rings (SSSR count). The number of carbonyl (C=O) groups excluding carboxylic acids is 1. The molecule has 0 aliphatic carbocycles. The lowest BCUT2D eigenvalue weighted by molar-refractivity contribution is 0.0983. The normalized spacial score (nSPS) is 11.0. The Morgan fingerprint density at radius 1 is 1.03 bits per heavy atom. The van der Waals surface area contributed by atoms with E-state index < -0.39 is 0 Å². The summed E-state index contributed by atoms with van der Waals surface area (Å²) >= 11 is 1.52. The average molecular weight is 436 g/mol. The Balaban J connectivity index is 0.00000300. The van der Waals surface area contributed by atoms with E-state index in [1.807, 2.05) is 0 Å². The molecule has 2 aromatic carbocycles. The molecule has 1 aromatic heterocycles. The van der Waals surface area contributed by atoms with Crippen LogP contribution < -0.4 is 4.90 Å². The molecular weight excluding hydrogens is 409 g/mol. The van der Waals surface area contributed by atoms with Gasteiger partial charge in [-0.3, -0.25) is 9.69 Å². The van der Waals surface area contributed by atoms with Gasteiger partial charge in [0.05, 0.1) is 10.2 Å². The van der Waals surface area contributed by atoms with Gasteiger partial charge in [-0.1, -0.05) is 31.3 Å². The second-order valence-electron chi connectivity index (χ2n) is 6.84. The van der Waals surface area contributed by atoms with Gasteiger partial charge in [-0.15, -0.1) is 12.4 Å². The number of amides is 1. The third-order valence-corrected chi connectivity index (χ3v) is 6.22. The second-order valence-corrected chi connectivity index (χ2v) is 7.85. The fourth-order valence-electron chi connectivity index (χ4n) is 3.14. The number of likely N-dealkylation sites (N-methyl/N-ethyl adjacent to an activating group) is 1. The number of nitrogens with zero attached hydrogens (tertiary/aromatic N) is 3. The number of halogens is 2. The van der Waals surface area contributed by atoms with E-state index in [0.717, 1.165) is 35.4 Å². The molecule has 0 bridgehead atoms. The number of hydrogen-bond donors (Lipinski definition) is 0. The monoisotopic (exact) mass is 435 g/mol. The first-order valence-electron chi connectivity index (χ1n) is 9.61. The second kappa shape index (κ2) is 10.1. The maximum absolute atomic E-state index is 13.3. The van der Waals surface area contributed by atoms with Crippen LogP contribution in [0.2, 0.25) is 0 Å². The van der Waals surface area contributed by atoms with Crippen molar-refractivity contribution in [1.29, 1.82) is 0 Å². The Kier molecular flexibility index (Phi) is 8.14. The van der Waals surface area contributed by atoms with Gasteiger partial charge >= 0.3 is 0 Å². The molecule has 3 aromatic rings. The quantitative estimate of drug-likeness (QED) is 0.494. The Hall–Kier alpha value is -2.02. The number of aromatic nitrogens is 1. The predicted molar refractivity (Wildman–Crippen MR) is 122 cm³/mol. The molecule has 156 valence electrons. The molecule has 0 aliphatic heterocycles. The van der Waals surface area contributed by atoms with Gasteiger partial charge in [0, 0.05) is 18.7 Å². The van der Waals surface area contributed by atoms with Gasteiger partial charge in [-0.05, 0) is 68.4 Å². The highest BCUT2D eigenvalue weighted by atomic mass is 35.5. The molecule has 0 unspecified atom stereocenters. The smallest absolute Gasteiger partial charge is 0.260 e. The number of aryl methyl sites for hydroxylation is 2. The number of hydrogen-bond acceptors (Lipinski definition) is 4. The SMILES string of the molecule is CCN(CC)CCN(C(=O)c1ccc(F)cc1)c1nc2c(C)c(C)ccc2s1.Cl. The highest BCUT2D eigenvalue weighted by Gasteiger charge is 2.22. The van der Waals surface area contributed by atoms with Crippen molar-refractivity contribution < 1.29 is 9.18 Å². The van der Waals surface area contributed by atoms with Gasteiger partial charge in [0.25, 0.3) is 5.91 Å². The van der Waals surface area contributed by atoms with Crippen molar-refractivity contribution in [1.82, 2.24) is 9.88 Å². The van der Waals surface area contributed by atoms with Crippen molar-refractivity contribution in [3.05, 3.63) is 58.9 Å². The molecule has 0 spiro atoms. The number of fused-ring (bicyclic) bond motifs is 1. The van der Waals surface area contributed by atoms with Crippen molar-refractivity contribution >= 4 is 45.0 Å². The summed E-state index contributed by atoms with van der Waals surface area (Å²) in [6.07, 6.45) is 0. The largest absolute Gasteiger partial charge is 0.302 e. The van der Waals surface area contributed by atoms with Gasteiger partial charge in [0.15, 0.2) is 5.13 Å². The van der Waals surface area contributed by atoms with Gasteiger partial charge in [-0.2, -0.15) is 0 Å². The zero-order chi connectivity index (χ0) is 20.3. The molecule has 0 N–H and O–H groups in total. The van der Waals surface area contributed by atoms with Crippen LogP contribution in [0.4, 0.5) is 9.52 Å². The van der Waals surface area contributed by atoms with Crippen LogP contribution in [0.5, 0.6) is 0 Å². The number of rotatable bonds is 7. The van der Waals surface area contributed by atoms with E-state index in [9.17, 15) is 9.18 Å². The van der Waals surface area contributed by atoms with Crippen molar-refractivity contribution in [2.24, 2.45) is 0 Å². The van der Waals surface area contributed by atoms with E-state index >= 15 is 0 Å². The van der Waals surface area contributed by atoms with Crippen LogP contribution in [-0.2, 0) is 0 Å². The van der Waals surface area contributed by atoms with Crippen LogP contribution in [0.15, 0.2) is 36.4 Å². The van der Waals surface area contributed by atoms with Gasteiger partial charge < -0.3 is 4.90 Å². The summed E-state index contributed by atoms with van der Waals surface area (Å²) in [5.41, 5.74) is 3.73. The van der Waals surface area contributed by atoms with Crippen LogP contribution in [0.3, 0.4) is 0 Å². The highest BCUT2D eigenvalue weighted by Crippen LogP contribution is 2.32. The van der Waals surface area contributed by atoms with Crippen LogP contribution in [-0.4, -0.2) is 42.0 Å². The van der Waals surface area contributed by atoms with Gasteiger partial charge in [0.1, 0.15) is 5.82 Å². The first kappa shape index (κ1) is 23.3. The summed E-state index contributed by atoms with van der Waals surface area (Å²) in [5.74, 6) is -0.502. The van der Waals surface area contributed by atoms with Crippen LogP contribution in [0, 0.1) is 19.7 Å². The average Bonchev–Trinajstić information content (AvgIpc) is 3.13. The van der Waals surface area contributed by atoms with Crippen molar-refractivity contribution in [3.8, 4) is 0 Å². The molecule has 1 amide bonds. The predicted octanol–water partition coefficient (Wildman–Crippen LogP) is 5.46. The molecule has 0 fully saturated rings. The maximum Gasteiger partial charge on any atom is 0.260 e. The summed E-state index contributed by atoms with van der Waals surface area (Å²) in [7, 11) is 0. The molecule has 0 aliphatic rings. The summed E-state index contributed by atoms with van der Waals surface area (Å²) in [4.78, 5) is 22.0. The third kappa shape index (κ3) is 5.13. The summed E-state index contributed by atoms with van der Waals surface area (Å²) in [6.45, 7) is 11.5. The minimum absolute atomic E-state index is 0. The van der Waals surface area contributed by atoms with Crippen molar-refractivity contribution in [2.75, 3.05) is 31.1 Å². The Morgan fingerprint density at radius 2 is 1.69 bits per heavy atom. The molecule has 7 heteroatoms. The fraction of sp³-hybridized carbons (Fsp3) is 0.364. The zero-order valence-corrected chi connectivity index (χ0v) is 18.9. The van der Waals surface area contributed by atoms with Crippen molar-refractivity contribution in [3.63, 3.8) is 0 Å². The number of thiazole rings is 1. The molecule has 4 nitrogen and oxygen atoms in total. The lowest BCUT2D eigenvalue weighted by atomic mass is 10.1. The van der Waals surface area contributed by atoms with Gasteiger partial charge in [-0.25, -0.2) is 9.37 Å². The van der Waals surface area contributed by atoms with E-state index in [1.165, 1.54) is 41.2 Å². The van der Waals surface area contributed by atoms with E-state index in [0.29, 0.717) is 17.2 Å². The van der Waals surface area contributed by atoms with E-state index in [4.69, 9.17) is 4.98 Å². The number of anilines is 1. The molecule has 0 saturated heterocycles. The fourth-order valence-corrected chi connectivity index (χ4v) is 4.19. The van der Waals surface area contributed by atoms with Crippen LogP contribution >= 0.6 is 23.7 Å². The molecule has 1 heterocycles. The number of carbonyl (C=O) groups is 1. The van der Waals surface area contributed by atoms with E-state index in [1.54, 1.807) is 4.90 Å². The lowest BCUT2D eigenvalue weighted by Gasteiger charge is -2.24. The zero-order valence-electron chi connectivity index (χ0n) is 17.2. The molecule has 0 saturated carbocycles. The van der Waals surface area contributed by atoms with Crippen LogP contribution in [0.1, 0.15) is 35.3 Å². The maximum atomic E-state index is 13.3. The molecular formula is C22H27ClFN3OS. The Bertz CT molecular complexity index is 970. The third-order valence-electron chi connectivity index (χ3n) is 5.17. The molecule has 0 radical (unpaired) electrons. The Labute approximate surface area is 181 Å². The number of benzene rings is 2. The topological polar surface area (TPSA) is 36.4 Å². The Morgan fingerprint density at radius 3 is 2.31 bits per heavy atom. The highest BCUT2D eigenvalue weighted by molar-refractivity contribution is 7.22. The standard InChI is InChI=1S/C22H26FN3OS.ClH/c1-5-25(6-2)13-14-26(21(27)17-8-10-18(23)11-9-17)22-24-20-16(4)15(3)7-12-19(20)28-22;/h7-12H,5-6,13-14H2,1-4H3;1H. The first-order chi connectivity index (χ1) is 13.4.